The van der Waals surface area contributed by atoms with Crippen LogP contribution in [0.2, 0.25) is 0 Å². The van der Waals surface area contributed by atoms with E-state index in [0.717, 1.165) is 5.56 Å². The lowest BCUT2D eigenvalue weighted by Crippen LogP contribution is -2.40. The van der Waals surface area contributed by atoms with E-state index in [2.05, 4.69) is 37.9 Å². The van der Waals surface area contributed by atoms with Crippen LogP contribution in [0.1, 0.15) is 49.8 Å². The first-order valence-corrected chi connectivity index (χ1v) is 7.06. The molecule has 2 heteroatoms. The van der Waals surface area contributed by atoms with Gasteiger partial charge in [-0.15, -0.1) is 0 Å². The molecule has 0 amide bonds. The van der Waals surface area contributed by atoms with Gasteiger partial charge in [-0.05, 0) is 39.3 Å². The summed E-state index contributed by atoms with van der Waals surface area (Å²) in [6, 6.07) is 9.05. The number of likely N-dealkylation sites (N-methyl/N-ethyl adjacent to an activating group) is 1. The lowest BCUT2D eigenvalue weighted by molar-refractivity contribution is 0.0504. The molecule has 1 N–H and O–H groups in total. The summed E-state index contributed by atoms with van der Waals surface area (Å²) in [6.07, 6.45) is 4.84. The van der Waals surface area contributed by atoms with Crippen molar-refractivity contribution in [2.45, 2.75) is 57.7 Å². The summed E-state index contributed by atoms with van der Waals surface area (Å²) in [5.74, 6) is 0. The molecule has 18 heavy (non-hydrogen) atoms. The number of benzene rings is 1. The maximum absolute atomic E-state index is 10.5. The normalized spacial score (nSPS) is 20.3. The SMILES string of the molecule is Cc1ccc(C(O)C(C)N(C)C2CCCC2)cc1. The molecule has 0 aromatic heterocycles. The molecule has 0 heterocycles. The molecule has 100 valence electrons. The summed E-state index contributed by atoms with van der Waals surface area (Å²) in [6.45, 7) is 4.20. The quantitative estimate of drug-likeness (QED) is 0.882. The van der Waals surface area contributed by atoms with Gasteiger partial charge in [0.25, 0.3) is 0 Å². The summed E-state index contributed by atoms with van der Waals surface area (Å²) in [5.41, 5.74) is 2.26. The van der Waals surface area contributed by atoms with Gasteiger partial charge in [-0.1, -0.05) is 42.7 Å². The molecule has 2 rings (SSSR count). The third-order valence-electron chi connectivity index (χ3n) is 4.42. The van der Waals surface area contributed by atoms with Gasteiger partial charge in [0.1, 0.15) is 0 Å². The highest BCUT2D eigenvalue weighted by atomic mass is 16.3. The van der Waals surface area contributed by atoms with E-state index in [4.69, 9.17) is 0 Å². The van der Waals surface area contributed by atoms with Crippen molar-refractivity contribution in [1.29, 1.82) is 0 Å². The van der Waals surface area contributed by atoms with Gasteiger partial charge in [-0.3, -0.25) is 4.90 Å². The number of hydrogen-bond acceptors (Lipinski definition) is 2. The Morgan fingerprint density at radius 2 is 1.72 bits per heavy atom. The number of rotatable bonds is 4. The van der Waals surface area contributed by atoms with E-state index in [1.54, 1.807) is 0 Å². The fraction of sp³-hybridized carbons (Fsp3) is 0.625. The second-order valence-corrected chi connectivity index (χ2v) is 5.70. The van der Waals surface area contributed by atoms with E-state index in [1.165, 1.54) is 31.2 Å². The average molecular weight is 247 g/mol. The topological polar surface area (TPSA) is 23.5 Å². The van der Waals surface area contributed by atoms with Gasteiger partial charge in [0.05, 0.1) is 6.10 Å². The van der Waals surface area contributed by atoms with Crippen molar-refractivity contribution in [3.05, 3.63) is 35.4 Å². The molecule has 1 saturated carbocycles. The van der Waals surface area contributed by atoms with Crippen molar-refractivity contribution < 1.29 is 5.11 Å². The van der Waals surface area contributed by atoms with E-state index in [-0.39, 0.29) is 6.04 Å². The number of aliphatic hydroxyl groups is 1. The van der Waals surface area contributed by atoms with E-state index in [9.17, 15) is 5.11 Å². The van der Waals surface area contributed by atoms with Gasteiger partial charge in [0, 0.05) is 12.1 Å². The Labute approximate surface area is 111 Å². The molecule has 1 fully saturated rings. The Bertz CT molecular complexity index is 367. The van der Waals surface area contributed by atoms with Crippen molar-refractivity contribution in [3.8, 4) is 0 Å². The number of aryl methyl sites for hydroxylation is 1. The molecular formula is C16H25NO. The van der Waals surface area contributed by atoms with Gasteiger partial charge >= 0.3 is 0 Å². The van der Waals surface area contributed by atoms with Crippen LogP contribution in [0.5, 0.6) is 0 Å². The fourth-order valence-electron chi connectivity index (χ4n) is 2.91. The average Bonchev–Trinajstić information content (AvgIpc) is 2.91. The molecule has 2 unspecified atom stereocenters. The van der Waals surface area contributed by atoms with Crippen LogP contribution in [0, 0.1) is 6.92 Å². The molecule has 1 aromatic carbocycles. The predicted octanol–water partition coefficient (Wildman–Crippen LogP) is 3.29. The molecule has 1 aromatic rings. The molecule has 2 atom stereocenters. The van der Waals surface area contributed by atoms with E-state index >= 15 is 0 Å². The van der Waals surface area contributed by atoms with Crippen LogP contribution in [0.3, 0.4) is 0 Å². The van der Waals surface area contributed by atoms with Crippen molar-refractivity contribution in [1.82, 2.24) is 4.90 Å². The predicted molar refractivity (Wildman–Crippen MR) is 75.6 cm³/mol. The highest BCUT2D eigenvalue weighted by Gasteiger charge is 2.27. The van der Waals surface area contributed by atoms with Crippen LogP contribution >= 0.6 is 0 Å². The molecule has 0 saturated heterocycles. The van der Waals surface area contributed by atoms with Crippen molar-refractivity contribution >= 4 is 0 Å². The summed E-state index contributed by atoms with van der Waals surface area (Å²) in [7, 11) is 2.15. The Hall–Kier alpha value is -0.860. The molecule has 2 nitrogen and oxygen atoms in total. The minimum atomic E-state index is -0.392. The maximum Gasteiger partial charge on any atom is 0.0942 e. The number of aliphatic hydroxyl groups excluding tert-OH is 1. The Morgan fingerprint density at radius 3 is 2.28 bits per heavy atom. The minimum Gasteiger partial charge on any atom is -0.387 e. The smallest absolute Gasteiger partial charge is 0.0942 e. The van der Waals surface area contributed by atoms with Crippen LogP contribution in [0.15, 0.2) is 24.3 Å². The zero-order valence-electron chi connectivity index (χ0n) is 11.8. The second-order valence-electron chi connectivity index (χ2n) is 5.70. The van der Waals surface area contributed by atoms with Gasteiger partial charge < -0.3 is 5.11 Å². The lowest BCUT2D eigenvalue weighted by Gasteiger charge is -2.33. The third kappa shape index (κ3) is 2.93. The second kappa shape index (κ2) is 5.85. The summed E-state index contributed by atoms with van der Waals surface area (Å²) >= 11 is 0. The van der Waals surface area contributed by atoms with E-state index in [0.29, 0.717) is 6.04 Å². The van der Waals surface area contributed by atoms with Gasteiger partial charge in [0.2, 0.25) is 0 Å². The van der Waals surface area contributed by atoms with Crippen molar-refractivity contribution in [2.24, 2.45) is 0 Å². The van der Waals surface area contributed by atoms with Gasteiger partial charge in [-0.25, -0.2) is 0 Å². The molecule has 0 spiro atoms. The molecule has 1 aliphatic rings. The first-order valence-electron chi connectivity index (χ1n) is 7.06. The minimum absolute atomic E-state index is 0.177. The van der Waals surface area contributed by atoms with Gasteiger partial charge in [0.15, 0.2) is 0 Å². The number of nitrogens with zero attached hydrogens (tertiary/aromatic N) is 1. The largest absolute Gasteiger partial charge is 0.387 e. The zero-order valence-corrected chi connectivity index (χ0v) is 11.8. The third-order valence-corrected chi connectivity index (χ3v) is 4.42. The molecule has 0 aliphatic heterocycles. The summed E-state index contributed by atoms with van der Waals surface area (Å²) < 4.78 is 0. The van der Waals surface area contributed by atoms with E-state index < -0.39 is 6.10 Å². The van der Waals surface area contributed by atoms with Crippen molar-refractivity contribution in [2.75, 3.05) is 7.05 Å². The first-order chi connectivity index (χ1) is 8.59. The van der Waals surface area contributed by atoms with Crippen LogP contribution < -0.4 is 0 Å². The Balaban J connectivity index is 2.02. The van der Waals surface area contributed by atoms with Crippen LogP contribution in [0.4, 0.5) is 0 Å². The van der Waals surface area contributed by atoms with Crippen LogP contribution in [-0.4, -0.2) is 29.1 Å². The van der Waals surface area contributed by atoms with Crippen molar-refractivity contribution in [3.63, 3.8) is 0 Å². The summed E-state index contributed by atoms with van der Waals surface area (Å²) in [5, 5.41) is 10.5. The highest BCUT2D eigenvalue weighted by molar-refractivity contribution is 5.24. The standard InChI is InChI=1S/C16H25NO/c1-12-8-10-14(11-9-12)16(18)13(2)17(3)15-6-4-5-7-15/h8-11,13,15-16,18H,4-7H2,1-3H3. The highest BCUT2D eigenvalue weighted by Crippen LogP contribution is 2.28. The monoisotopic (exact) mass is 247 g/mol. The Kier molecular flexibility index (Phi) is 4.41. The molecule has 0 bridgehead atoms. The molecule has 1 aliphatic carbocycles. The van der Waals surface area contributed by atoms with E-state index in [1.807, 2.05) is 12.1 Å². The maximum atomic E-state index is 10.5. The van der Waals surface area contributed by atoms with Gasteiger partial charge in [-0.2, -0.15) is 0 Å². The fourth-order valence-corrected chi connectivity index (χ4v) is 2.91. The molecular weight excluding hydrogens is 222 g/mol. The zero-order chi connectivity index (χ0) is 13.1. The first kappa shape index (κ1) is 13.6. The number of hydrogen-bond donors (Lipinski definition) is 1. The van der Waals surface area contributed by atoms with Crippen LogP contribution in [0.25, 0.3) is 0 Å². The molecule has 0 radical (unpaired) electrons. The van der Waals surface area contributed by atoms with Crippen LogP contribution in [-0.2, 0) is 0 Å². The lowest BCUT2D eigenvalue weighted by atomic mass is 10.00. The summed E-state index contributed by atoms with van der Waals surface area (Å²) in [4.78, 5) is 2.36. The Morgan fingerprint density at radius 1 is 1.17 bits per heavy atom.